The highest BCUT2D eigenvalue weighted by Gasteiger charge is 2.42. The fraction of sp³-hybridized carbons (Fsp3) is 0.750. The van der Waals surface area contributed by atoms with Gasteiger partial charge in [-0.3, -0.25) is 4.90 Å². The van der Waals surface area contributed by atoms with Crippen LogP contribution in [0.15, 0.2) is 6.20 Å². The van der Waals surface area contributed by atoms with Crippen LogP contribution in [-0.2, 0) is 4.74 Å². The molecule has 0 spiro atoms. The number of aromatic amines is 1. The highest BCUT2D eigenvalue weighted by atomic mass is 127. The lowest BCUT2D eigenvalue weighted by molar-refractivity contribution is -0.0632. The third kappa shape index (κ3) is 4.20. The zero-order valence-corrected chi connectivity index (χ0v) is 16.8. The Labute approximate surface area is 156 Å². The molecule has 1 aromatic heterocycles. The molecular weight excluding hydrogens is 423 g/mol. The van der Waals surface area contributed by atoms with E-state index in [1.807, 2.05) is 13.8 Å². The van der Waals surface area contributed by atoms with Gasteiger partial charge in [0.05, 0.1) is 29.1 Å². The molecule has 3 N–H and O–H groups in total. The van der Waals surface area contributed by atoms with E-state index in [-0.39, 0.29) is 18.0 Å². The van der Waals surface area contributed by atoms with Crippen LogP contribution in [0.25, 0.3) is 0 Å². The van der Waals surface area contributed by atoms with Crippen molar-refractivity contribution >= 4 is 28.7 Å². The zero-order chi connectivity index (χ0) is 17.9. The van der Waals surface area contributed by atoms with Crippen LogP contribution in [0.5, 0.6) is 0 Å². The van der Waals surface area contributed by atoms with Gasteiger partial charge in [-0.25, -0.2) is 9.78 Å². The zero-order valence-electron chi connectivity index (χ0n) is 14.6. The average molecular weight is 450 g/mol. The summed E-state index contributed by atoms with van der Waals surface area (Å²) in [7, 11) is 1.33. The van der Waals surface area contributed by atoms with E-state index in [1.165, 1.54) is 7.11 Å². The summed E-state index contributed by atoms with van der Waals surface area (Å²) in [5, 5.41) is 13.9. The number of hydrogen-bond donors (Lipinski definition) is 3. The Kier molecular flexibility index (Phi) is 6.88. The van der Waals surface area contributed by atoms with Gasteiger partial charge in [0, 0.05) is 6.04 Å². The smallest absolute Gasteiger partial charge is 0.407 e. The molecule has 1 aliphatic rings. The number of aliphatic hydroxyl groups excluding tert-OH is 1. The normalized spacial score (nSPS) is 25.2. The maximum Gasteiger partial charge on any atom is 0.407 e. The minimum Gasteiger partial charge on any atom is -0.453 e. The van der Waals surface area contributed by atoms with Crippen molar-refractivity contribution in [2.24, 2.45) is 5.92 Å². The highest BCUT2D eigenvalue weighted by Crippen LogP contribution is 2.37. The van der Waals surface area contributed by atoms with Crippen LogP contribution in [0, 0.1) is 9.62 Å². The molecule has 7 nitrogen and oxygen atoms in total. The van der Waals surface area contributed by atoms with Gasteiger partial charge in [0.2, 0.25) is 0 Å². The summed E-state index contributed by atoms with van der Waals surface area (Å²) in [6, 6.07) is -0.178. The Morgan fingerprint density at radius 1 is 1.62 bits per heavy atom. The van der Waals surface area contributed by atoms with Crippen molar-refractivity contribution in [1.82, 2.24) is 20.2 Å². The molecular formula is C16H27IN4O3. The number of carbonyl (C=O) groups is 1. The van der Waals surface area contributed by atoms with Crippen LogP contribution in [0.3, 0.4) is 0 Å². The molecule has 0 aromatic carbocycles. The minimum absolute atomic E-state index is 0.0181. The van der Waals surface area contributed by atoms with Crippen molar-refractivity contribution < 1.29 is 14.6 Å². The summed E-state index contributed by atoms with van der Waals surface area (Å²) in [4.78, 5) is 21.5. The Balaban J connectivity index is 2.24. The molecule has 1 aliphatic heterocycles. The first-order chi connectivity index (χ1) is 11.4. The van der Waals surface area contributed by atoms with Gasteiger partial charge in [-0.1, -0.05) is 20.3 Å². The quantitative estimate of drug-likeness (QED) is 0.580. The number of halogens is 1. The number of nitrogens with one attached hydrogen (secondary N) is 2. The summed E-state index contributed by atoms with van der Waals surface area (Å²) in [5.74, 6) is 0.980. The van der Waals surface area contributed by atoms with Crippen LogP contribution in [0.1, 0.15) is 51.9 Å². The fourth-order valence-corrected chi connectivity index (χ4v) is 3.77. The number of likely N-dealkylation sites (tertiary alicyclic amines) is 1. The number of H-pyrrole nitrogens is 1. The van der Waals surface area contributed by atoms with E-state index in [0.717, 1.165) is 28.8 Å². The summed E-state index contributed by atoms with van der Waals surface area (Å²) >= 11 is 2.20. The Morgan fingerprint density at radius 3 is 2.88 bits per heavy atom. The number of imidazole rings is 1. The van der Waals surface area contributed by atoms with Gasteiger partial charge < -0.3 is 20.1 Å². The lowest BCUT2D eigenvalue weighted by atomic mass is 9.96. The van der Waals surface area contributed by atoms with E-state index in [1.54, 1.807) is 6.20 Å². The lowest BCUT2D eigenvalue weighted by Gasteiger charge is -2.38. The van der Waals surface area contributed by atoms with Gasteiger partial charge in [0.1, 0.15) is 12.1 Å². The number of alkyl carbamates (subject to hydrolysis) is 1. The van der Waals surface area contributed by atoms with Crippen LogP contribution in [0.4, 0.5) is 4.79 Å². The third-order valence-corrected chi connectivity index (χ3v) is 5.51. The highest BCUT2D eigenvalue weighted by molar-refractivity contribution is 14.1. The number of rotatable bonds is 6. The van der Waals surface area contributed by atoms with Crippen molar-refractivity contribution in [1.29, 1.82) is 0 Å². The summed E-state index contributed by atoms with van der Waals surface area (Å²) < 4.78 is 5.71. The van der Waals surface area contributed by atoms with Crippen LogP contribution < -0.4 is 5.32 Å². The SMILES string of the molecule is CC[C@H](C)C(NC(=O)OC)C(O)N1[C@@H](C)CC[C@H]1c1ncc(I)[nH]1. The van der Waals surface area contributed by atoms with E-state index in [9.17, 15) is 9.90 Å². The minimum atomic E-state index is -0.802. The third-order valence-electron chi connectivity index (χ3n) is 4.96. The second kappa shape index (κ2) is 8.48. The van der Waals surface area contributed by atoms with Crippen LogP contribution >= 0.6 is 22.6 Å². The van der Waals surface area contributed by atoms with Crippen molar-refractivity contribution in [3.8, 4) is 0 Å². The number of aliphatic hydroxyl groups is 1. The Bertz CT molecular complexity index is 553. The van der Waals surface area contributed by atoms with Gasteiger partial charge in [-0.2, -0.15) is 0 Å². The van der Waals surface area contributed by atoms with Gasteiger partial charge in [-0.15, -0.1) is 0 Å². The second-order valence-electron chi connectivity index (χ2n) is 6.47. The first-order valence-electron chi connectivity index (χ1n) is 8.39. The maximum atomic E-state index is 11.7. The molecule has 8 heteroatoms. The van der Waals surface area contributed by atoms with Crippen LogP contribution in [0.2, 0.25) is 0 Å². The summed E-state index contributed by atoms with van der Waals surface area (Å²) in [6.07, 6.45) is 3.22. The van der Waals surface area contributed by atoms with Crippen LogP contribution in [-0.4, -0.2) is 51.5 Å². The predicted octanol–water partition coefficient (Wildman–Crippen LogP) is 2.63. The molecule has 1 fully saturated rings. The molecule has 0 saturated carbocycles. The molecule has 24 heavy (non-hydrogen) atoms. The van der Waals surface area contributed by atoms with Gasteiger partial charge in [-0.05, 0) is 48.3 Å². The summed E-state index contributed by atoms with van der Waals surface area (Å²) in [6.45, 7) is 6.17. The molecule has 0 aliphatic carbocycles. The van der Waals surface area contributed by atoms with E-state index in [2.05, 4.69) is 49.7 Å². The standard InChI is InChI=1S/C16H27IN4O3/c1-5-9(2)13(20-16(23)24-4)15(22)21-10(3)6-7-11(21)14-18-8-12(17)19-14/h8-11,13,15,22H,5-7H2,1-4H3,(H,18,19)(H,20,23)/t9-,10-,11-,13?,15?/m0/s1. The van der Waals surface area contributed by atoms with Crippen molar-refractivity contribution in [3.63, 3.8) is 0 Å². The monoisotopic (exact) mass is 450 g/mol. The molecule has 0 bridgehead atoms. The molecule has 5 atom stereocenters. The largest absolute Gasteiger partial charge is 0.453 e. The molecule has 0 radical (unpaired) electrons. The fourth-order valence-electron chi connectivity index (χ4n) is 3.35. The first-order valence-corrected chi connectivity index (χ1v) is 9.47. The van der Waals surface area contributed by atoms with Crippen molar-refractivity contribution in [2.45, 2.75) is 64.4 Å². The second-order valence-corrected chi connectivity index (χ2v) is 7.63. The van der Waals surface area contributed by atoms with Gasteiger partial charge in [0.25, 0.3) is 0 Å². The number of amides is 1. The van der Waals surface area contributed by atoms with E-state index in [0.29, 0.717) is 0 Å². The lowest BCUT2D eigenvalue weighted by Crippen LogP contribution is -2.56. The van der Waals surface area contributed by atoms with Crippen molar-refractivity contribution in [2.75, 3.05) is 7.11 Å². The Hall–Kier alpha value is -0.870. The Morgan fingerprint density at radius 2 is 2.33 bits per heavy atom. The van der Waals surface area contributed by atoms with E-state index < -0.39 is 18.4 Å². The first kappa shape index (κ1) is 19.5. The predicted molar refractivity (Wildman–Crippen MR) is 99.4 cm³/mol. The average Bonchev–Trinajstić information content (AvgIpc) is 3.16. The number of hydrogen-bond acceptors (Lipinski definition) is 5. The number of aromatic nitrogens is 2. The van der Waals surface area contributed by atoms with Crippen molar-refractivity contribution in [3.05, 3.63) is 15.7 Å². The molecule has 2 rings (SSSR count). The van der Waals surface area contributed by atoms with E-state index in [4.69, 9.17) is 4.74 Å². The van der Waals surface area contributed by atoms with Gasteiger partial charge in [0.15, 0.2) is 0 Å². The number of carbonyl (C=O) groups excluding carboxylic acids is 1. The van der Waals surface area contributed by atoms with Gasteiger partial charge >= 0.3 is 6.09 Å². The summed E-state index contributed by atoms with van der Waals surface area (Å²) in [5.41, 5.74) is 0. The number of ether oxygens (including phenoxy) is 1. The molecule has 2 unspecified atom stereocenters. The number of nitrogens with zero attached hydrogens (tertiary/aromatic N) is 2. The number of methoxy groups -OCH3 is 1. The van der Waals surface area contributed by atoms with E-state index >= 15 is 0 Å². The molecule has 2 heterocycles. The molecule has 1 amide bonds. The molecule has 136 valence electrons. The molecule has 1 saturated heterocycles. The molecule has 1 aromatic rings. The maximum absolute atomic E-state index is 11.7. The topological polar surface area (TPSA) is 90.5 Å².